The van der Waals surface area contributed by atoms with Crippen LogP contribution in [-0.2, 0) is 0 Å². The van der Waals surface area contributed by atoms with Crippen LogP contribution in [0.15, 0.2) is 11.1 Å². The Kier molecular flexibility index (Phi) is 3.45. The van der Waals surface area contributed by atoms with E-state index in [1.54, 1.807) is 0 Å². The number of hydrogen-bond acceptors (Lipinski definition) is 7. The fraction of sp³-hybridized carbons (Fsp3) is 0.417. The Morgan fingerprint density at radius 1 is 1.32 bits per heavy atom. The predicted molar refractivity (Wildman–Crippen MR) is 72.4 cm³/mol. The van der Waals surface area contributed by atoms with Crippen LogP contribution in [0.4, 0.5) is 0 Å². The first-order valence-corrected chi connectivity index (χ1v) is 6.51. The smallest absolute Gasteiger partial charge is 0.352 e. The lowest BCUT2D eigenvalue weighted by molar-refractivity contribution is 0.0194. The number of carbonyl (C=O) groups is 1. The highest BCUT2D eigenvalue weighted by molar-refractivity contribution is 5.96. The molecule has 1 saturated heterocycles. The van der Waals surface area contributed by atoms with Gasteiger partial charge in [-0.15, -0.1) is 0 Å². The average Bonchev–Trinajstić information content (AvgIpc) is 3.00. The summed E-state index contributed by atoms with van der Waals surface area (Å²) in [6, 6.07) is -1.80. The van der Waals surface area contributed by atoms with E-state index in [-0.39, 0.29) is 22.3 Å². The fourth-order valence-corrected chi connectivity index (χ4v) is 2.78. The number of rotatable bonds is 3. The third-order valence-electron chi connectivity index (χ3n) is 3.85. The van der Waals surface area contributed by atoms with E-state index in [2.05, 4.69) is 20.3 Å². The van der Waals surface area contributed by atoms with Gasteiger partial charge in [0.05, 0.1) is 31.1 Å². The van der Waals surface area contributed by atoms with Crippen molar-refractivity contribution >= 4 is 17.0 Å². The van der Waals surface area contributed by atoms with Crippen LogP contribution < -0.4 is 10.9 Å². The zero-order chi connectivity index (χ0) is 16.0. The number of aromatic nitrogens is 3. The lowest BCUT2D eigenvalue weighted by Crippen LogP contribution is -2.35. The molecule has 2 aromatic rings. The number of hydrogen-bond donors (Lipinski definition) is 7. The van der Waals surface area contributed by atoms with Gasteiger partial charge in [-0.1, -0.05) is 0 Å². The SMILES string of the molecule is O=C(O)c1[nH]c2c(=O)[nH]cnc2c1[C@@H]1N[C@H](CO)[C@@H](O)[C@H]1O. The fourth-order valence-electron chi connectivity index (χ4n) is 2.78. The van der Waals surface area contributed by atoms with Gasteiger partial charge < -0.3 is 35.7 Å². The topological polar surface area (TPSA) is 172 Å². The third-order valence-corrected chi connectivity index (χ3v) is 3.85. The molecule has 0 saturated carbocycles. The van der Waals surface area contributed by atoms with Crippen LogP contribution in [0.5, 0.6) is 0 Å². The van der Waals surface area contributed by atoms with Crippen molar-refractivity contribution in [3.8, 4) is 0 Å². The molecule has 118 valence electrons. The molecule has 0 unspecified atom stereocenters. The van der Waals surface area contributed by atoms with Crippen molar-refractivity contribution in [1.29, 1.82) is 0 Å². The second-order valence-electron chi connectivity index (χ2n) is 5.09. The molecular formula is C12H14N4O6. The van der Waals surface area contributed by atoms with Gasteiger partial charge in [0.1, 0.15) is 22.8 Å². The van der Waals surface area contributed by atoms with Gasteiger partial charge in [-0.25, -0.2) is 9.78 Å². The van der Waals surface area contributed by atoms with Crippen LogP contribution in [0.1, 0.15) is 22.1 Å². The first-order chi connectivity index (χ1) is 10.5. The first-order valence-electron chi connectivity index (χ1n) is 6.51. The number of aromatic amines is 2. The van der Waals surface area contributed by atoms with Crippen molar-refractivity contribution in [3.63, 3.8) is 0 Å². The lowest BCUT2D eigenvalue weighted by Gasteiger charge is -2.15. The molecule has 1 aliphatic rings. The number of aromatic carboxylic acids is 1. The number of fused-ring (bicyclic) bond motifs is 1. The summed E-state index contributed by atoms with van der Waals surface area (Å²) in [5.74, 6) is -1.33. The van der Waals surface area contributed by atoms with Crippen molar-refractivity contribution in [2.24, 2.45) is 0 Å². The molecular weight excluding hydrogens is 296 g/mol. The maximum atomic E-state index is 11.8. The highest BCUT2D eigenvalue weighted by Gasteiger charge is 2.44. The number of H-pyrrole nitrogens is 2. The Labute approximate surface area is 122 Å². The first kappa shape index (κ1) is 14.7. The summed E-state index contributed by atoms with van der Waals surface area (Å²) >= 11 is 0. The number of aliphatic hydroxyl groups is 3. The minimum Gasteiger partial charge on any atom is -0.477 e. The van der Waals surface area contributed by atoms with Crippen LogP contribution >= 0.6 is 0 Å². The number of nitrogens with one attached hydrogen (secondary N) is 3. The van der Waals surface area contributed by atoms with E-state index >= 15 is 0 Å². The number of nitrogens with zero attached hydrogens (tertiary/aromatic N) is 1. The van der Waals surface area contributed by atoms with Gasteiger partial charge in [-0.2, -0.15) is 0 Å². The molecule has 0 radical (unpaired) electrons. The highest BCUT2D eigenvalue weighted by atomic mass is 16.4. The van der Waals surface area contributed by atoms with E-state index in [1.807, 2.05) is 0 Å². The van der Waals surface area contributed by atoms with Gasteiger partial charge in [0, 0.05) is 5.56 Å². The minimum atomic E-state index is -1.35. The van der Waals surface area contributed by atoms with Crippen molar-refractivity contribution in [2.75, 3.05) is 6.61 Å². The zero-order valence-electron chi connectivity index (χ0n) is 11.1. The summed E-state index contributed by atoms with van der Waals surface area (Å²) in [6.07, 6.45) is -1.51. The predicted octanol–water partition coefficient (Wildman–Crippen LogP) is -2.32. The Morgan fingerprint density at radius 3 is 2.64 bits per heavy atom. The summed E-state index contributed by atoms with van der Waals surface area (Å²) in [7, 11) is 0. The third kappa shape index (κ3) is 2.01. The van der Waals surface area contributed by atoms with E-state index in [1.165, 1.54) is 0 Å². The second kappa shape index (κ2) is 5.18. The van der Waals surface area contributed by atoms with Gasteiger partial charge in [0.15, 0.2) is 0 Å². The minimum absolute atomic E-state index is 0.0363. The molecule has 10 heteroatoms. The van der Waals surface area contributed by atoms with Crippen molar-refractivity contribution in [2.45, 2.75) is 24.3 Å². The van der Waals surface area contributed by atoms with Crippen molar-refractivity contribution < 1.29 is 25.2 Å². The molecule has 1 fully saturated rings. The van der Waals surface area contributed by atoms with Crippen LogP contribution in [-0.4, -0.2) is 66.2 Å². The molecule has 4 atom stereocenters. The molecule has 3 heterocycles. The van der Waals surface area contributed by atoms with Crippen LogP contribution in [0.25, 0.3) is 11.0 Å². The average molecular weight is 310 g/mol. The molecule has 0 aromatic carbocycles. The standard InChI is InChI=1S/C12H14N4O6/c17-1-3-9(18)10(19)6(15-3)4-5-8(11(20)14-2-13-5)16-7(4)12(21)22/h2-3,6,9-10,15-19H,1H2,(H,21,22)(H,13,14,20)/t3-,6+,9-,10+/m1/s1. The summed E-state index contributed by atoms with van der Waals surface area (Å²) in [6.45, 7) is -0.437. The van der Waals surface area contributed by atoms with E-state index in [0.717, 1.165) is 6.33 Å². The second-order valence-corrected chi connectivity index (χ2v) is 5.09. The summed E-state index contributed by atoms with van der Waals surface area (Å²) in [5, 5.41) is 41.2. The normalized spacial score (nSPS) is 28.3. The largest absolute Gasteiger partial charge is 0.477 e. The molecule has 0 amide bonds. The monoisotopic (exact) mass is 310 g/mol. The van der Waals surface area contributed by atoms with Gasteiger partial charge in [-0.3, -0.25) is 4.79 Å². The Morgan fingerprint density at radius 2 is 2.05 bits per heavy atom. The molecule has 0 aliphatic carbocycles. The van der Waals surface area contributed by atoms with E-state index < -0.39 is 42.4 Å². The van der Waals surface area contributed by atoms with Gasteiger partial charge in [0.25, 0.3) is 5.56 Å². The number of carboxylic acids is 1. The summed E-state index contributed by atoms with van der Waals surface area (Å²) in [4.78, 5) is 31.9. The lowest BCUT2D eigenvalue weighted by atomic mass is 10.00. The molecule has 22 heavy (non-hydrogen) atoms. The molecule has 7 N–H and O–H groups in total. The Balaban J connectivity index is 2.22. The van der Waals surface area contributed by atoms with Gasteiger partial charge in [-0.05, 0) is 0 Å². The zero-order valence-corrected chi connectivity index (χ0v) is 11.1. The van der Waals surface area contributed by atoms with E-state index in [9.17, 15) is 30.0 Å². The number of aliphatic hydroxyl groups excluding tert-OH is 3. The van der Waals surface area contributed by atoms with Crippen LogP contribution in [0.3, 0.4) is 0 Å². The summed E-state index contributed by atoms with van der Waals surface area (Å²) < 4.78 is 0. The van der Waals surface area contributed by atoms with E-state index in [4.69, 9.17) is 0 Å². The number of carboxylic acid groups (broad SMARTS) is 1. The molecule has 3 rings (SSSR count). The van der Waals surface area contributed by atoms with Crippen molar-refractivity contribution in [1.82, 2.24) is 20.3 Å². The molecule has 0 spiro atoms. The molecule has 2 aromatic heterocycles. The molecule has 10 nitrogen and oxygen atoms in total. The Bertz CT molecular complexity index is 784. The van der Waals surface area contributed by atoms with Gasteiger partial charge >= 0.3 is 5.97 Å². The van der Waals surface area contributed by atoms with Crippen molar-refractivity contribution in [3.05, 3.63) is 27.9 Å². The summed E-state index contributed by atoms with van der Waals surface area (Å²) in [5.41, 5.74) is -0.738. The van der Waals surface area contributed by atoms with Gasteiger partial charge in [0.2, 0.25) is 0 Å². The molecule has 1 aliphatic heterocycles. The quantitative estimate of drug-likeness (QED) is 0.331. The van der Waals surface area contributed by atoms with Crippen LogP contribution in [0.2, 0.25) is 0 Å². The van der Waals surface area contributed by atoms with E-state index in [0.29, 0.717) is 0 Å². The Hall–Kier alpha value is -2.27. The highest BCUT2D eigenvalue weighted by Crippen LogP contribution is 2.33. The molecule has 0 bridgehead atoms. The maximum absolute atomic E-state index is 11.8. The maximum Gasteiger partial charge on any atom is 0.352 e. The van der Waals surface area contributed by atoms with Crippen LogP contribution in [0, 0.1) is 0 Å².